The Bertz CT molecular complexity index is 817. The van der Waals surface area contributed by atoms with E-state index >= 15 is 0 Å². The van der Waals surface area contributed by atoms with Crippen LogP contribution in [0.25, 0.3) is 10.9 Å². The van der Waals surface area contributed by atoms with Crippen molar-refractivity contribution in [1.29, 1.82) is 0 Å². The first-order chi connectivity index (χ1) is 11.1. The fourth-order valence-corrected chi connectivity index (χ4v) is 2.90. The topological polar surface area (TPSA) is 74.2 Å². The van der Waals surface area contributed by atoms with E-state index in [1.807, 2.05) is 61.5 Å². The molecule has 3 rings (SSSR count). The molecule has 0 spiro atoms. The highest BCUT2D eigenvalue weighted by atomic mass is 16.5. The first-order valence-corrected chi connectivity index (χ1v) is 7.62. The van der Waals surface area contributed by atoms with E-state index in [1.165, 1.54) is 0 Å². The maximum absolute atomic E-state index is 6.50. The van der Waals surface area contributed by atoms with E-state index in [0.29, 0.717) is 0 Å². The number of aryl methyl sites for hydroxylation is 1. The van der Waals surface area contributed by atoms with Crippen LogP contribution in [0.15, 0.2) is 54.6 Å². The average Bonchev–Trinajstić information content (AvgIpc) is 2.60. The van der Waals surface area contributed by atoms with Crippen molar-refractivity contribution in [2.45, 2.75) is 19.0 Å². The highest BCUT2D eigenvalue weighted by Crippen LogP contribution is 2.33. The molecule has 4 heteroatoms. The third kappa shape index (κ3) is 2.91. The van der Waals surface area contributed by atoms with Crippen LogP contribution >= 0.6 is 0 Å². The molecule has 0 aliphatic carbocycles. The number of para-hydroxylation sites is 1. The summed E-state index contributed by atoms with van der Waals surface area (Å²) in [5.41, 5.74) is 16.6. The standard InChI is InChI=1S/C19H21N3O/c1-12-11-15(14-9-6-10-16(23-2)19(14)22-12)18(21)17(20)13-7-4-3-5-8-13/h3-11,17-18H,20-21H2,1-2H3. The van der Waals surface area contributed by atoms with Crippen LogP contribution in [0.5, 0.6) is 5.75 Å². The Kier molecular flexibility index (Phi) is 4.28. The Labute approximate surface area is 136 Å². The SMILES string of the molecule is COc1cccc2c(C(N)C(N)c3ccccc3)cc(C)nc12. The number of pyridine rings is 1. The largest absolute Gasteiger partial charge is 0.494 e. The van der Waals surface area contributed by atoms with Gasteiger partial charge in [-0.1, -0.05) is 42.5 Å². The van der Waals surface area contributed by atoms with E-state index in [1.54, 1.807) is 7.11 Å². The van der Waals surface area contributed by atoms with Gasteiger partial charge in [0.1, 0.15) is 11.3 Å². The van der Waals surface area contributed by atoms with E-state index < -0.39 is 0 Å². The van der Waals surface area contributed by atoms with E-state index in [0.717, 1.165) is 33.5 Å². The van der Waals surface area contributed by atoms with Gasteiger partial charge < -0.3 is 16.2 Å². The summed E-state index contributed by atoms with van der Waals surface area (Å²) in [5, 5.41) is 0.980. The number of hydrogen-bond acceptors (Lipinski definition) is 4. The molecule has 0 amide bonds. The zero-order valence-electron chi connectivity index (χ0n) is 13.4. The van der Waals surface area contributed by atoms with Crippen LogP contribution in [0.4, 0.5) is 0 Å². The summed E-state index contributed by atoms with van der Waals surface area (Å²) in [6, 6.07) is 17.2. The number of aromatic nitrogens is 1. The molecule has 1 heterocycles. The predicted octanol–water partition coefficient (Wildman–Crippen LogP) is 3.25. The van der Waals surface area contributed by atoms with Gasteiger partial charge in [0.25, 0.3) is 0 Å². The minimum atomic E-state index is -0.325. The maximum atomic E-state index is 6.50. The van der Waals surface area contributed by atoms with Crippen molar-refractivity contribution < 1.29 is 4.74 Å². The highest BCUT2D eigenvalue weighted by molar-refractivity contribution is 5.88. The van der Waals surface area contributed by atoms with Crippen molar-refractivity contribution in [3.63, 3.8) is 0 Å². The molecule has 0 saturated carbocycles. The van der Waals surface area contributed by atoms with Gasteiger partial charge in [-0.3, -0.25) is 0 Å². The lowest BCUT2D eigenvalue weighted by atomic mass is 9.92. The summed E-state index contributed by atoms with van der Waals surface area (Å²) >= 11 is 0. The van der Waals surface area contributed by atoms with Gasteiger partial charge in [0.05, 0.1) is 7.11 Å². The molecule has 0 radical (unpaired) electrons. The molecular weight excluding hydrogens is 286 g/mol. The van der Waals surface area contributed by atoms with Crippen LogP contribution in [0.2, 0.25) is 0 Å². The summed E-state index contributed by atoms with van der Waals surface area (Å²) < 4.78 is 5.43. The molecule has 4 N–H and O–H groups in total. The molecule has 2 atom stereocenters. The number of nitrogens with zero attached hydrogens (tertiary/aromatic N) is 1. The first kappa shape index (κ1) is 15.5. The molecule has 2 unspecified atom stereocenters. The molecule has 118 valence electrons. The Hall–Kier alpha value is -2.43. The van der Waals surface area contributed by atoms with Crippen LogP contribution in [0.3, 0.4) is 0 Å². The molecule has 2 aromatic carbocycles. The van der Waals surface area contributed by atoms with Crippen LogP contribution in [0, 0.1) is 6.92 Å². The van der Waals surface area contributed by atoms with Crippen LogP contribution in [-0.2, 0) is 0 Å². The molecule has 0 fully saturated rings. The van der Waals surface area contributed by atoms with Gasteiger partial charge in [0.2, 0.25) is 0 Å². The van der Waals surface area contributed by atoms with Crippen molar-refractivity contribution in [2.75, 3.05) is 7.11 Å². The molecule has 0 aliphatic heterocycles. The lowest BCUT2D eigenvalue weighted by Crippen LogP contribution is -2.26. The average molecular weight is 307 g/mol. The van der Waals surface area contributed by atoms with Crippen LogP contribution < -0.4 is 16.2 Å². The molecule has 0 saturated heterocycles. The monoisotopic (exact) mass is 307 g/mol. The zero-order valence-corrected chi connectivity index (χ0v) is 13.4. The van der Waals surface area contributed by atoms with Gasteiger partial charge in [-0.2, -0.15) is 0 Å². The molecule has 4 nitrogen and oxygen atoms in total. The number of benzene rings is 2. The second kappa shape index (κ2) is 6.36. The van der Waals surface area contributed by atoms with Gasteiger partial charge in [0, 0.05) is 23.2 Å². The minimum Gasteiger partial charge on any atom is -0.494 e. The van der Waals surface area contributed by atoms with E-state index in [-0.39, 0.29) is 12.1 Å². The van der Waals surface area contributed by atoms with Crippen molar-refractivity contribution in [1.82, 2.24) is 4.98 Å². The van der Waals surface area contributed by atoms with Gasteiger partial charge in [-0.25, -0.2) is 4.98 Å². The number of fused-ring (bicyclic) bond motifs is 1. The molecule has 0 aliphatic rings. The summed E-state index contributed by atoms with van der Waals surface area (Å²) in [6.45, 7) is 1.95. The smallest absolute Gasteiger partial charge is 0.145 e. The second-order valence-corrected chi connectivity index (χ2v) is 5.67. The Balaban J connectivity index is 2.12. The van der Waals surface area contributed by atoms with Crippen LogP contribution in [0.1, 0.15) is 28.9 Å². The summed E-state index contributed by atoms with van der Waals surface area (Å²) in [6.07, 6.45) is 0. The van der Waals surface area contributed by atoms with E-state index in [2.05, 4.69) is 4.98 Å². The normalized spacial score (nSPS) is 13.7. The quantitative estimate of drug-likeness (QED) is 0.776. The lowest BCUT2D eigenvalue weighted by molar-refractivity contribution is 0.418. The number of rotatable bonds is 4. The van der Waals surface area contributed by atoms with Gasteiger partial charge in [-0.15, -0.1) is 0 Å². The summed E-state index contributed by atoms with van der Waals surface area (Å²) in [7, 11) is 1.65. The summed E-state index contributed by atoms with van der Waals surface area (Å²) in [5.74, 6) is 0.743. The first-order valence-electron chi connectivity index (χ1n) is 7.62. The Morgan fingerprint density at radius 1 is 0.957 bits per heavy atom. The molecule has 1 aromatic heterocycles. The van der Waals surface area contributed by atoms with E-state index in [9.17, 15) is 0 Å². The molecular formula is C19H21N3O. The number of hydrogen-bond donors (Lipinski definition) is 2. The summed E-state index contributed by atoms with van der Waals surface area (Å²) in [4.78, 5) is 4.60. The maximum Gasteiger partial charge on any atom is 0.145 e. The molecule has 0 bridgehead atoms. The molecule has 3 aromatic rings. The van der Waals surface area contributed by atoms with Crippen molar-refractivity contribution in [2.24, 2.45) is 11.5 Å². The van der Waals surface area contributed by atoms with Crippen molar-refractivity contribution in [3.8, 4) is 5.75 Å². The number of ether oxygens (including phenoxy) is 1. The van der Waals surface area contributed by atoms with Crippen molar-refractivity contribution in [3.05, 3.63) is 71.4 Å². The van der Waals surface area contributed by atoms with Gasteiger partial charge in [0.15, 0.2) is 0 Å². The van der Waals surface area contributed by atoms with E-state index in [4.69, 9.17) is 16.2 Å². The highest BCUT2D eigenvalue weighted by Gasteiger charge is 2.21. The van der Waals surface area contributed by atoms with Crippen LogP contribution in [-0.4, -0.2) is 12.1 Å². The number of methoxy groups -OCH3 is 1. The zero-order chi connectivity index (χ0) is 16.4. The Morgan fingerprint density at radius 3 is 2.39 bits per heavy atom. The Morgan fingerprint density at radius 2 is 1.70 bits per heavy atom. The molecule has 23 heavy (non-hydrogen) atoms. The number of nitrogens with two attached hydrogens (primary N) is 2. The van der Waals surface area contributed by atoms with Crippen molar-refractivity contribution >= 4 is 10.9 Å². The third-order valence-electron chi connectivity index (χ3n) is 4.11. The third-order valence-corrected chi connectivity index (χ3v) is 4.11. The predicted molar refractivity (Wildman–Crippen MR) is 93.3 cm³/mol. The second-order valence-electron chi connectivity index (χ2n) is 5.67. The fourth-order valence-electron chi connectivity index (χ4n) is 2.90. The van der Waals surface area contributed by atoms with Gasteiger partial charge in [-0.05, 0) is 30.2 Å². The minimum absolute atomic E-state index is 0.285. The van der Waals surface area contributed by atoms with Gasteiger partial charge >= 0.3 is 0 Å². The fraction of sp³-hybridized carbons (Fsp3) is 0.211. The lowest BCUT2D eigenvalue weighted by Gasteiger charge is -2.23.